The van der Waals surface area contributed by atoms with E-state index in [1.807, 2.05) is 54.6 Å². The number of nitrogens with one attached hydrogen (secondary N) is 1. The Hall–Kier alpha value is -4.78. The zero-order chi connectivity index (χ0) is 23.2. The summed E-state index contributed by atoms with van der Waals surface area (Å²) in [5.74, 6) is 1.17. The zero-order valence-electron chi connectivity index (χ0n) is 18.1. The van der Waals surface area contributed by atoms with Gasteiger partial charge in [0.25, 0.3) is 11.8 Å². The first-order chi connectivity index (χ1) is 16.8. The predicted octanol–water partition coefficient (Wildman–Crippen LogP) is 5.63. The van der Waals surface area contributed by atoms with Gasteiger partial charge in [0.1, 0.15) is 12.4 Å². The third-order valence-electron chi connectivity index (χ3n) is 5.12. The summed E-state index contributed by atoms with van der Waals surface area (Å²) in [6.45, 7) is 0.463. The molecule has 0 aliphatic carbocycles. The number of para-hydroxylation sites is 1. The molecule has 0 spiro atoms. The standard InChI is InChI=1S/C27H20N4O3/c32-26(20-12-14-22(15-13-20)33-18-19-7-2-1-3-8-19)29-24-11-5-4-10-23(24)27-30-25(31-34-27)21-9-6-16-28-17-21/h1-17H,18H2,(H,29,32). The average molecular weight is 448 g/mol. The van der Waals surface area contributed by atoms with E-state index in [4.69, 9.17) is 9.26 Å². The van der Waals surface area contributed by atoms with Crippen LogP contribution < -0.4 is 10.1 Å². The van der Waals surface area contributed by atoms with Crippen LogP contribution in [0.25, 0.3) is 22.8 Å². The normalized spacial score (nSPS) is 10.6. The van der Waals surface area contributed by atoms with Crippen molar-refractivity contribution < 1.29 is 14.1 Å². The van der Waals surface area contributed by atoms with Gasteiger partial charge in [0.05, 0.1) is 11.3 Å². The lowest BCUT2D eigenvalue weighted by molar-refractivity contribution is 0.102. The van der Waals surface area contributed by atoms with Crippen molar-refractivity contribution in [1.82, 2.24) is 15.1 Å². The second kappa shape index (κ2) is 9.79. The van der Waals surface area contributed by atoms with Crippen molar-refractivity contribution in [2.24, 2.45) is 0 Å². The molecule has 2 heterocycles. The highest BCUT2D eigenvalue weighted by Gasteiger charge is 2.16. The van der Waals surface area contributed by atoms with Crippen molar-refractivity contribution in [3.05, 3.63) is 115 Å². The molecule has 1 amide bonds. The number of pyridine rings is 1. The number of hydrogen-bond acceptors (Lipinski definition) is 6. The Bertz CT molecular complexity index is 1380. The molecule has 0 aliphatic rings. The van der Waals surface area contributed by atoms with Crippen LogP contribution >= 0.6 is 0 Å². The van der Waals surface area contributed by atoms with Gasteiger partial charge < -0.3 is 14.6 Å². The Balaban J connectivity index is 1.29. The molecule has 0 unspecified atom stereocenters. The third kappa shape index (κ3) is 4.83. The van der Waals surface area contributed by atoms with Gasteiger partial charge in [-0.2, -0.15) is 4.98 Å². The van der Waals surface area contributed by atoms with E-state index in [-0.39, 0.29) is 5.91 Å². The maximum Gasteiger partial charge on any atom is 0.260 e. The number of carbonyl (C=O) groups excluding carboxylic acids is 1. The minimum Gasteiger partial charge on any atom is -0.489 e. The first-order valence-electron chi connectivity index (χ1n) is 10.7. The molecule has 0 aliphatic heterocycles. The summed E-state index contributed by atoms with van der Waals surface area (Å²) in [5.41, 5.74) is 3.52. The molecule has 0 atom stereocenters. The number of ether oxygens (including phenoxy) is 1. The number of nitrogens with zero attached hydrogens (tertiary/aromatic N) is 3. The van der Waals surface area contributed by atoms with E-state index in [0.717, 1.165) is 11.1 Å². The fourth-order valence-electron chi connectivity index (χ4n) is 3.36. The second-order valence-corrected chi connectivity index (χ2v) is 7.46. The van der Waals surface area contributed by atoms with E-state index in [1.54, 1.807) is 48.8 Å². The molecule has 2 aromatic heterocycles. The van der Waals surface area contributed by atoms with Crippen molar-refractivity contribution in [3.8, 4) is 28.6 Å². The topological polar surface area (TPSA) is 90.1 Å². The quantitative estimate of drug-likeness (QED) is 0.347. The molecule has 0 radical (unpaired) electrons. The number of carbonyl (C=O) groups is 1. The summed E-state index contributed by atoms with van der Waals surface area (Å²) in [4.78, 5) is 21.4. The first-order valence-corrected chi connectivity index (χ1v) is 10.7. The zero-order valence-corrected chi connectivity index (χ0v) is 18.1. The van der Waals surface area contributed by atoms with Crippen molar-refractivity contribution in [3.63, 3.8) is 0 Å². The highest BCUT2D eigenvalue weighted by atomic mass is 16.5. The highest BCUT2D eigenvalue weighted by molar-refractivity contribution is 6.06. The summed E-state index contributed by atoms with van der Waals surface area (Å²) in [6.07, 6.45) is 3.34. The fraction of sp³-hybridized carbons (Fsp3) is 0.0370. The van der Waals surface area contributed by atoms with E-state index in [0.29, 0.717) is 40.9 Å². The maximum absolute atomic E-state index is 12.9. The van der Waals surface area contributed by atoms with Crippen molar-refractivity contribution in [1.29, 1.82) is 0 Å². The molecule has 0 saturated carbocycles. The lowest BCUT2D eigenvalue weighted by Crippen LogP contribution is -2.12. The van der Waals surface area contributed by atoms with Crippen LogP contribution in [0.3, 0.4) is 0 Å². The smallest absolute Gasteiger partial charge is 0.260 e. The molecule has 0 saturated heterocycles. The number of aromatic nitrogens is 3. The van der Waals surface area contributed by atoms with Crippen molar-refractivity contribution in [2.45, 2.75) is 6.61 Å². The molecular weight excluding hydrogens is 428 g/mol. The number of benzene rings is 3. The van der Waals surface area contributed by atoms with E-state index < -0.39 is 0 Å². The summed E-state index contributed by atoms with van der Waals surface area (Å²) in [6, 6.07) is 27.9. The van der Waals surface area contributed by atoms with Gasteiger partial charge >= 0.3 is 0 Å². The van der Waals surface area contributed by atoms with Gasteiger partial charge in [0, 0.05) is 23.5 Å². The lowest BCUT2D eigenvalue weighted by atomic mass is 10.1. The monoisotopic (exact) mass is 448 g/mol. The molecule has 0 bridgehead atoms. The third-order valence-corrected chi connectivity index (χ3v) is 5.12. The summed E-state index contributed by atoms with van der Waals surface area (Å²) < 4.78 is 11.3. The van der Waals surface area contributed by atoms with Crippen LogP contribution in [0.1, 0.15) is 15.9 Å². The van der Waals surface area contributed by atoms with Gasteiger partial charge in [-0.05, 0) is 54.1 Å². The van der Waals surface area contributed by atoms with Gasteiger partial charge in [-0.1, -0.05) is 47.6 Å². The van der Waals surface area contributed by atoms with Crippen LogP contribution in [-0.4, -0.2) is 21.0 Å². The Morgan fingerprint density at radius 1 is 0.882 bits per heavy atom. The predicted molar refractivity (Wildman–Crippen MR) is 128 cm³/mol. The van der Waals surface area contributed by atoms with E-state index in [1.165, 1.54) is 0 Å². The minimum atomic E-state index is -0.256. The SMILES string of the molecule is O=C(Nc1ccccc1-c1nc(-c2cccnc2)no1)c1ccc(OCc2ccccc2)cc1. The molecule has 1 N–H and O–H groups in total. The van der Waals surface area contributed by atoms with E-state index in [2.05, 4.69) is 20.4 Å². The highest BCUT2D eigenvalue weighted by Crippen LogP contribution is 2.29. The molecule has 5 aromatic rings. The van der Waals surface area contributed by atoms with Gasteiger partial charge in [-0.15, -0.1) is 0 Å². The van der Waals surface area contributed by atoms with Crippen LogP contribution in [0.15, 0.2) is 108 Å². The minimum absolute atomic E-state index is 0.256. The van der Waals surface area contributed by atoms with E-state index >= 15 is 0 Å². The molecular formula is C27H20N4O3. The van der Waals surface area contributed by atoms with E-state index in [9.17, 15) is 4.79 Å². The summed E-state index contributed by atoms with van der Waals surface area (Å²) in [7, 11) is 0. The Morgan fingerprint density at radius 3 is 2.47 bits per heavy atom. The molecule has 5 rings (SSSR count). The number of hydrogen-bond donors (Lipinski definition) is 1. The largest absolute Gasteiger partial charge is 0.489 e. The van der Waals surface area contributed by atoms with Gasteiger partial charge in [-0.25, -0.2) is 0 Å². The molecule has 7 nitrogen and oxygen atoms in total. The molecule has 0 fully saturated rings. The Kier molecular flexibility index (Phi) is 6.07. The van der Waals surface area contributed by atoms with Gasteiger partial charge in [0.2, 0.25) is 5.82 Å². The van der Waals surface area contributed by atoms with Gasteiger partial charge in [0.15, 0.2) is 0 Å². The Morgan fingerprint density at radius 2 is 1.68 bits per heavy atom. The van der Waals surface area contributed by atoms with Crippen LogP contribution in [-0.2, 0) is 6.61 Å². The van der Waals surface area contributed by atoms with Crippen LogP contribution in [0.4, 0.5) is 5.69 Å². The number of amides is 1. The Labute approximate surface area is 196 Å². The first kappa shape index (κ1) is 21.1. The van der Waals surface area contributed by atoms with Crippen LogP contribution in [0.2, 0.25) is 0 Å². The van der Waals surface area contributed by atoms with Gasteiger partial charge in [-0.3, -0.25) is 9.78 Å². The summed E-state index contributed by atoms with van der Waals surface area (Å²) >= 11 is 0. The lowest BCUT2D eigenvalue weighted by Gasteiger charge is -2.10. The van der Waals surface area contributed by atoms with Crippen molar-refractivity contribution in [2.75, 3.05) is 5.32 Å². The molecule has 7 heteroatoms. The van der Waals surface area contributed by atoms with Crippen molar-refractivity contribution >= 4 is 11.6 Å². The molecule has 3 aromatic carbocycles. The number of anilines is 1. The van der Waals surface area contributed by atoms with Crippen LogP contribution in [0.5, 0.6) is 5.75 Å². The average Bonchev–Trinajstić information content (AvgIpc) is 3.39. The second-order valence-electron chi connectivity index (χ2n) is 7.46. The van der Waals surface area contributed by atoms with Crippen LogP contribution in [0, 0.1) is 0 Å². The summed E-state index contributed by atoms with van der Waals surface area (Å²) in [5, 5.41) is 6.97. The number of rotatable bonds is 7. The molecule has 166 valence electrons. The molecule has 34 heavy (non-hydrogen) atoms. The maximum atomic E-state index is 12.9. The fourth-order valence-corrected chi connectivity index (χ4v) is 3.36.